The van der Waals surface area contributed by atoms with Crippen molar-refractivity contribution in [2.24, 2.45) is 5.92 Å². The lowest BCUT2D eigenvalue weighted by molar-refractivity contribution is -0.136. The molecular weight excluding hydrogens is 372 g/mol. The van der Waals surface area contributed by atoms with Crippen LogP contribution in [0.2, 0.25) is 0 Å². The monoisotopic (exact) mass is 394 g/mol. The highest BCUT2D eigenvalue weighted by molar-refractivity contribution is 7.10. The SMILES string of the molecule is Cc1ccc(N2C(=O)C[C@H](C(=O)N(C)Cc3ccco3)[C@H]2c2cccs2)cc1. The van der Waals surface area contributed by atoms with Crippen molar-refractivity contribution in [2.75, 3.05) is 11.9 Å². The van der Waals surface area contributed by atoms with Gasteiger partial charge in [-0.1, -0.05) is 23.8 Å². The summed E-state index contributed by atoms with van der Waals surface area (Å²) in [6.07, 6.45) is 1.80. The lowest BCUT2D eigenvalue weighted by Gasteiger charge is -2.29. The molecule has 3 aromatic rings. The van der Waals surface area contributed by atoms with Gasteiger partial charge in [-0.25, -0.2) is 0 Å². The van der Waals surface area contributed by atoms with E-state index in [4.69, 9.17) is 4.42 Å². The van der Waals surface area contributed by atoms with E-state index in [2.05, 4.69) is 0 Å². The molecular formula is C22H22N2O3S. The van der Waals surface area contributed by atoms with Gasteiger partial charge in [-0.2, -0.15) is 0 Å². The molecule has 1 aliphatic rings. The molecule has 0 saturated carbocycles. The molecule has 2 atom stereocenters. The van der Waals surface area contributed by atoms with Gasteiger partial charge in [0.15, 0.2) is 0 Å². The predicted molar refractivity (Wildman–Crippen MR) is 109 cm³/mol. The van der Waals surface area contributed by atoms with Crippen LogP contribution in [0.5, 0.6) is 0 Å². The van der Waals surface area contributed by atoms with E-state index in [0.717, 1.165) is 21.9 Å². The van der Waals surface area contributed by atoms with E-state index in [0.29, 0.717) is 6.54 Å². The molecule has 144 valence electrons. The summed E-state index contributed by atoms with van der Waals surface area (Å²) < 4.78 is 5.37. The maximum absolute atomic E-state index is 13.3. The zero-order valence-corrected chi connectivity index (χ0v) is 16.7. The lowest BCUT2D eigenvalue weighted by Crippen LogP contribution is -2.36. The van der Waals surface area contributed by atoms with Gasteiger partial charge >= 0.3 is 0 Å². The molecule has 2 amide bonds. The Morgan fingerprint density at radius 2 is 2.00 bits per heavy atom. The van der Waals surface area contributed by atoms with Crippen LogP contribution in [0.1, 0.15) is 28.7 Å². The molecule has 4 rings (SSSR count). The lowest BCUT2D eigenvalue weighted by atomic mass is 9.97. The van der Waals surface area contributed by atoms with E-state index in [9.17, 15) is 9.59 Å². The molecule has 0 bridgehead atoms. The average molecular weight is 394 g/mol. The Morgan fingerprint density at radius 1 is 1.21 bits per heavy atom. The molecule has 0 N–H and O–H groups in total. The van der Waals surface area contributed by atoms with Gasteiger partial charge in [0, 0.05) is 24.0 Å². The zero-order valence-electron chi connectivity index (χ0n) is 15.9. The summed E-state index contributed by atoms with van der Waals surface area (Å²) >= 11 is 1.58. The van der Waals surface area contributed by atoms with Crippen molar-refractivity contribution in [3.8, 4) is 0 Å². The molecule has 5 nitrogen and oxygen atoms in total. The Bertz CT molecular complexity index is 948. The fourth-order valence-electron chi connectivity index (χ4n) is 3.75. The van der Waals surface area contributed by atoms with Gasteiger partial charge in [0.2, 0.25) is 11.8 Å². The van der Waals surface area contributed by atoms with E-state index in [1.165, 1.54) is 0 Å². The summed E-state index contributed by atoms with van der Waals surface area (Å²) in [5, 5.41) is 1.99. The normalized spacial score (nSPS) is 19.2. The number of hydrogen-bond acceptors (Lipinski definition) is 4. The molecule has 0 radical (unpaired) electrons. The maximum Gasteiger partial charge on any atom is 0.228 e. The standard InChI is InChI=1S/C22H22N2O3S/c1-15-7-9-16(10-8-15)24-20(25)13-18(21(24)19-6-4-12-28-19)22(26)23(2)14-17-5-3-11-27-17/h3-12,18,21H,13-14H2,1-2H3/t18-,21-/m0/s1. The molecule has 28 heavy (non-hydrogen) atoms. The van der Waals surface area contributed by atoms with Gasteiger partial charge in [-0.3, -0.25) is 9.59 Å². The Kier molecular flexibility index (Phi) is 5.05. The molecule has 3 heterocycles. The fraction of sp³-hybridized carbons (Fsp3) is 0.273. The molecule has 6 heteroatoms. The summed E-state index contributed by atoms with van der Waals surface area (Å²) in [4.78, 5) is 30.7. The molecule has 1 fully saturated rings. The van der Waals surface area contributed by atoms with Gasteiger partial charge in [0.1, 0.15) is 5.76 Å². The molecule has 1 saturated heterocycles. The second kappa shape index (κ2) is 7.64. The van der Waals surface area contributed by atoms with E-state index in [1.54, 1.807) is 40.5 Å². The van der Waals surface area contributed by atoms with Crippen LogP contribution in [0.3, 0.4) is 0 Å². The van der Waals surface area contributed by atoms with Gasteiger partial charge in [0.05, 0.1) is 24.8 Å². The highest BCUT2D eigenvalue weighted by atomic mass is 32.1. The third-order valence-corrected chi connectivity index (χ3v) is 6.08. The van der Waals surface area contributed by atoms with E-state index >= 15 is 0 Å². The number of furan rings is 1. The third kappa shape index (κ3) is 3.47. The topological polar surface area (TPSA) is 53.8 Å². The van der Waals surface area contributed by atoms with Crippen LogP contribution in [0, 0.1) is 12.8 Å². The molecule has 0 unspecified atom stereocenters. The predicted octanol–water partition coefficient (Wildman–Crippen LogP) is 4.40. The number of thiophene rings is 1. The van der Waals surface area contributed by atoms with Gasteiger partial charge in [-0.15, -0.1) is 11.3 Å². The first-order valence-electron chi connectivity index (χ1n) is 9.24. The third-order valence-electron chi connectivity index (χ3n) is 5.14. The van der Waals surface area contributed by atoms with Crippen LogP contribution in [-0.2, 0) is 16.1 Å². The highest BCUT2D eigenvalue weighted by Gasteiger charge is 2.46. The molecule has 2 aromatic heterocycles. The van der Waals surface area contributed by atoms with Crippen molar-refractivity contribution in [1.82, 2.24) is 4.90 Å². The van der Waals surface area contributed by atoms with Crippen LogP contribution in [0.15, 0.2) is 64.6 Å². The minimum Gasteiger partial charge on any atom is -0.467 e. The van der Waals surface area contributed by atoms with E-state index in [1.807, 2.05) is 54.8 Å². The Labute approximate surface area is 168 Å². The van der Waals surface area contributed by atoms with Crippen LogP contribution in [0.4, 0.5) is 5.69 Å². The Hall–Kier alpha value is -2.86. The number of carbonyl (C=O) groups is 2. The molecule has 1 aliphatic heterocycles. The number of anilines is 1. The van der Waals surface area contributed by atoms with Crippen LogP contribution in [0.25, 0.3) is 0 Å². The number of hydrogen-bond donors (Lipinski definition) is 0. The van der Waals surface area contributed by atoms with Crippen molar-refractivity contribution in [1.29, 1.82) is 0 Å². The average Bonchev–Trinajstić information content (AvgIpc) is 3.42. The van der Waals surface area contributed by atoms with Crippen molar-refractivity contribution in [3.63, 3.8) is 0 Å². The second-order valence-electron chi connectivity index (χ2n) is 7.14. The van der Waals surface area contributed by atoms with Crippen molar-refractivity contribution in [3.05, 3.63) is 76.4 Å². The number of nitrogens with zero attached hydrogens (tertiary/aromatic N) is 2. The first-order valence-corrected chi connectivity index (χ1v) is 10.1. The van der Waals surface area contributed by atoms with Crippen molar-refractivity contribution < 1.29 is 14.0 Å². The Morgan fingerprint density at radius 3 is 2.64 bits per heavy atom. The summed E-state index contributed by atoms with van der Waals surface area (Å²) in [6, 6.07) is 15.2. The van der Waals surface area contributed by atoms with Gasteiger partial charge < -0.3 is 14.2 Å². The first kappa shape index (κ1) is 18.5. The number of rotatable bonds is 5. The first-order chi connectivity index (χ1) is 13.5. The quantitative estimate of drug-likeness (QED) is 0.644. The highest BCUT2D eigenvalue weighted by Crippen LogP contribution is 2.43. The van der Waals surface area contributed by atoms with Crippen molar-refractivity contribution in [2.45, 2.75) is 25.9 Å². The van der Waals surface area contributed by atoms with Crippen LogP contribution >= 0.6 is 11.3 Å². The van der Waals surface area contributed by atoms with Crippen LogP contribution in [-0.4, -0.2) is 23.8 Å². The number of benzene rings is 1. The largest absolute Gasteiger partial charge is 0.467 e. The minimum absolute atomic E-state index is 0.0213. The van der Waals surface area contributed by atoms with Gasteiger partial charge in [0.25, 0.3) is 0 Å². The molecule has 0 spiro atoms. The van der Waals surface area contributed by atoms with E-state index < -0.39 is 5.92 Å². The summed E-state index contributed by atoms with van der Waals surface area (Å²) in [5.74, 6) is 0.236. The minimum atomic E-state index is -0.424. The number of carbonyl (C=O) groups excluding carboxylic acids is 2. The summed E-state index contributed by atoms with van der Waals surface area (Å²) in [7, 11) is 1.76. The summed E-state index contributed by atoms with van der Waals surface area (Å²) in [5.41, 5.74) is 1.96. The van der Waals surface area contributed by atoms with Gasteiger partial charge in [-0.05, 0) is 42.6 Å². The molecule has 1 aromatic carbocycles. The van der Waals surface area contributed by atoms with E-state index in [-0.39, 0.29) is 24.3 Å². The van der Waals surface area contributed by atoms with Crippen LogP contribution < -0.4 is 4.90 Å². The molecule has 0 aliphatic carbocycles. The Balaban J connectivity index is 1.65. The fourth-order valence-corrected chi connectivity index (χ4v) is 4.63. The summed E-state index contributed by atoms with van der Waals surface area (Å²) in [6.45, 7) is 2.40. The number of amides is 2. The zero-order chi connectivity index (χ0) is 19.7. The maximum atomic E-state index is 13.3. The number of aryl methyl sites for hydroxylation is 1. The van der Waals surface area contributed by atoms with Crippen molar-refractivity contribution >= 4 is 28.8 Å². The smallest absolute Gasteiger partial charge is 0.228 e. The second-order valence-corrected chi connectivity index (χ2v) is 8.12.